The molecule has 2 rings (SSSR count). The van der Waals surface area contributed by atoms with Gasteiger partial charge in [-0.15, -0.1) is 0 Å². The molecule has 1 aromatic carbocycles. The van der Waals surface area contributed by atoms with Gasteiger partial charge in [-0.1, -0.05) is 12.1 Å². The van der Waals surface area contributed by atoms with Crippen LogP contribution >= 0.6 is 0 Å². The monoisotopic (exact) mass is 337 g/mol. The average Bonchev–Trinajstić information content (AvgIpc) is 3.06. The normalized spacial score (nSPS) is 16.7. The topological polar surface area (TPSA) is 70.7 Å². The van der Waals surface area contributed by atoms with Crippen molar-refractivity contribution >= 4 is 11.9 Å². The zero-order valence-electron chi connectivity index (χ0n) is 13.9. The number of benzene rings is 1. The van der Waals surface area contributed by atoms with Gasteiger partial charge >= 0.3 is 6.03 Å². The Balaban J connectivity index is 1.58. The first-order valence-corrected chi connectivity index (χ1v) is 8.16. The molecule has 132 valence electrons. The highest BCUT2D eigenvalue weighted by Crippen LogP contribution is 2.12. The molecule has 2 N–H and O–H groups in total. The van der Waals surface area contributed by atoms with Crippen LogP contribution in [0.1, 0.15) is 18.4 Å². The Morgan fingerprint density at radius 2 is 1.96 bits per heavy atom. The van der Waals surface area contributed by atoms with Crippen molar-refractivity contribution in [3.05, 3.63) is 35.6 Å². The molecule has 0 bridgehead atoms. The van der Waals surface area contributed by atoms with Gasteiger partial charge in [-0.3, -0.25) is 4.79 Å². The molecule has 1 aliphatic rings. The number of carbonyl (C=O) groups excluding carboxylic acids is 2. The van der Waals surface area contributed by atoms with Crippen LogP contribution in [-0.4, -0.2) is 56.2 Å². The van der Waals surface area contributed by atoms with Crippen molar-refractivity contribution < 1.29 is 18.7 Å². The second-order valence-electron chi connectivity index (χ2n) is 5.90. The van der Waals surface area contributed by atoms with Crippen molar-refractivity contribution in [3.8, 4) is 0 Å². The summed E-state index contributed by atoms with van der Waals surface area (Å²) >= 11 is 0. The van der Waals surface area contributed by atoms with E-state index in [2.05, 4.69) is 10.6 Å². The smallest absolute Gasteiger partial charge is 0.317 e. The maximum Gasteiger partial charge on any atom is 0.317 e. The van der Waals surface area contributed by atoms with Crippen LogP contribution in [0.2, 0.25) is 0 Å². The zero-order valence-corrected chi connectivity index (χ0v) is 13.9. The highest BCUT2D eigenvalue weighted by atomic mass is 19.1. The number of nitrogens with one attached hydrogen (secondary N) is 2. The standard InChI is InChI=1S/C17H24FN3O3/c1-21(12-15-3-2-10-24-15)17(23)20-9-8-19-16(22)11-13-4-6-14(18)7-5-13/h4-7,15H,2-3,8-12H2,1H3,(H,19,22)(H,20,23). The maximum absolute atomic E-state index is 12.8. The summed E-state index contributed by atoms with van der Waals surface area (Å²) in [6.45, 7) is 2.03. The summed E-state index contributed by atoms with van der Waals surface area (Å²) < 4.78 is 18.3. The molecule has 1 unspecified atom stereocenters. The van der Waals surface area contributed by atoms with Gasteiger partial charge in [-0.2, -0.15) is 0 Å². The first-order valence-electron chi connectivity index (χ1n) is 8.16. The Morgan fingerprint density at radius 3 is 2.62 bits per heavy atom. The average molecular weight is 337 g/mol. The fourth-order valence-electron chi connectivity index (χ4n) is 2.53. The minimum Gasteiger partial charge on any atom is -0.376 e. The van der Waals surface area contributed by atoms with Crippen LogP contribution in [0.15, 0.2) is 24.3 Å². The minimum atomic E-state index is -0.325. The van der Waals surface area contributed by atoms with Gasteiger partial charge in [-0.25, -0.2) is 9.18 Å². The molecular weight excluding hydrogens is 313 g/mol. The molecule has 24 heavy (non-hydrogen) atoms. The van der Waals surface area contributed by atoms with Gasteiger partial charge in [0.15, 0.2) is 0 Å². The molecule has 0 aliphatic carbocycles. The molecule has 0 saturated carbocycles. The highest BCUT2D eigenvalue weighted by molar-refractivity contribution is 5.78. The molecular formula is C17H24FN3O3. The Hall–Kier alpha value is -2.15. The van der Waals surface area contributed by atoms with E-state index >= 15 is 0 Å². The van der Waals surface area contributed by atoms with Crippen molar-refractivity contribution in [1.82, 2.24) is 15.5 Å². The molecule has 6 nitrogen and oxygen atoms in total. The lowest BCUT2D eigenvalue weighted by atomic mass is 10.1. The summed E-state index contributed by atoms with van der Waals surface area (Å²) in [6.07, 6.45) is 2.33. The molecule has 0 aromatic heterocycles. The lowest BCUT2D eigenvalue weighted by Crippen LogP contribution is -2.43. The third-order valence-corrected chi connectivity index (χ3v) is 3.85. The van der Waals surface area contributed by atoms with E-state index in [-0.39, 0.29) is 30.3 Å². The number of halogens is 1. The Kier molecular flexibility index (Phi) is 6.99. The molecule has 3 amide bonds. The lowest BCUT2D eigenvalue weighted by molar-refractivity contribution is -0.120. The molecule has 1 fully saturated rings. The van der Waals surface area contributed by atoms with E-state index < -0.39 is 0 Å². The summed E-state index contributed by atoms with van der Waals surface area (Å²) in [7, 11) is 1.73. The van der Waals surface area contributed by atoms with E-state index in [0.717, 1.165) is 25.0 Å². The molecule has 7 heteroatoms. The van der Waals surface area contributed by atoms with Crippen molar-refractivity contribution in [3.63, 3.8) is 0 Å². The lowest BCUT2D eigenvalue weighted by Gasteiger charge is -2.21. The Morgan fingerprint density at radius 1 is 1.25 bits per heavy atom. The second kappa shape index (κ2) is 9.22. The third kappa shape index (κ3) is 6.16. The van der Waals surface area contributed by atoms with Crippen molar-refractivity contribution in [2.75, 3.05) is 33.3 Å². The van der Waals surface area contributed by atoms with Crippen molar-refractivity contribution in [2.45, 2.75) is 25.4 Å². The third-order valence-electron chi connectivity index (χ3n) is 3.85. The number of likely N-dealkylation sites (N-methyl/N-ethyl adjacent to an activating group) is 1. The molecule has 0 radical (unpaired) electrons. The van der Waals surface area contributed by atoms with E-state index in [1.807, 2.05) is 0 Å². The quantitative estimate of drug-likeness (QED) is 0.737. The zero-order chi connectivity index (χ0) is 17.4. The van der Waals surface area contributed by atoms with Crippen LogP contribution in [0.4, 0.5) is 9.18 Å². The van der Waals surface area contributed by atoms with E-state index in [0.29, 0.717) is 19.6 Å². The maximum atomic E-state index is 12.8. The Labute approximate surface area is 141 Å². The number of ether oxygens (including phenoxy) is 1. The molecule has 1 aromatic rings. The number of nitrogens with zero attached hydrogens (tertiary/aromatic N) is 1. The second-order valence-corrected chi connectivity index (χ2v) is 5.90. The molecule has 0 spiro atoms. The number of hydrogen-bond donors (Lipinski definition) is 2. The number of hydrogen-bond acceptors (Lipinski definition) is 3. The number of rotatable bonds is 7. The first-order chi connectivity index (χ1) is 11.5. The summed E-state index contributed by atoms with van der Waals surface area (Å²) in [4.78, 5) is 25.3. The molecule has 1 aliphatic heterocycles. The van der Waals surface area contributed by atoms with Crippen LogP contribution in [0.5, 0.6) is 0 Å². The van der Waals surface area contributed by atoms with Gasteiger partial charge in [0.2, 0.25) is 5.91 Å². The van der Waals surface area contributed by atoms with E-state index in [1.54, 1.807) is 24.1 Å². The Bertz CT molecular complexity index is 545. The van der Waals surface area contributed by atoms with Gasteiger partial charge < -0.3 is 20.3 Å². The van der Waals surface area contributed by atoms with E-state index in [4.69, 9.17) is 4.74 Å². The van der Waals surface area contributed by atoms with Crippen LogP contribution in [-0.2, 0) is 16.0 Å². The van der Waals surface area contributed by atoms with Crippen LogP contribution < -0.4 is 10.6 Å². The van der Waals surface area contributed by atoms with E-state index in [9.17, 15) is 14.0 Å². The largest absolute Gasteiger partial charge is 0.376 e. The first kappa shape index (κ1) is 18.2. The van der Waals surface area contributed by atoms with E-state index in [1.165, 1.54) is 12.1 Å². The summed E-state index contributed by atoms with van der Waals surface area (Å²) in [5.74, 6) is -0.488. The predicted molar refractivity (Wildman–Crippen MR) is 88.1 cm³/mol. The molecule has 1 heterocycles. The van der Waals surface area contributed by atoms with Crippen LogP contribution in [0, 0.1) is 5.82 Å². The summed E-state index contributed by atoms with van der Waals surface area (Å²) in [5.41, 5.74) is 0.745. The fourth-order valence-corrected chi connectivity index (χ4v) is 2.53. The summed E-state index contributed by atoms with van der Waals surface area (Å²) in [5, 5.41) is 5.47. The van der Waals surface area contributed by atoms with Crippen molar-refractivity contribution in [2.24, 2.45) is 0 Å². The number of urea groups is 1. The van der Waals surface area contributed by atoms with Crippen LogP contribution in [0.25, 0.3) is 0 Å². The SMILES string of the molecule is CN(CC1CCCO1)C(=O)NCCNC(=O)Cc1ccc(F)cc1. The number of amides is 3. The highest BCUT2D eigenvalue weighted by Gasteiger charge is 2.19. The van der Waals surface area contributed by atoms with Crippen LogP contribution in [0.3, 0.4) is 0 Å². The van der Waals surface area contributed by atoms with Gasteiger partial charge in [0.05, 0.1) is 12.5 Å². The number of carbonyl (C=O) groups is 2. The van der Waals surface area contributed by atoms with Crippen molar-refractivity contribution in [1.29, 1.82) is 0 Å². The van der Waals surface area contributed by atoms with Gasteiger partial charge in [0.1, 0.15) is 5.82 Å². The fraction of sp³-hybridized carbons (Fsp3) is 0.529. The van der Waals surface area contributed by atoms with Gasteiger partial charge in [-0.05, 0) is 30.5 Å². The molecule has 1 atom stereocenters. The molecule has 1 saturated heterocycles. The summed E-state index contributed by atoms with van der Waals surface area (Å²) in [6, 6.07) is 5.63. The predicted octanol–water partition coefficient (Wildman–Crippen LogP) is 1.30. The van der Waals surface area contributed by atoms with Gasteiger partial charge in [0, 0.05) is 33.3 Å². The van der Waals surface area contributed by atoms with Gasteiger partial charge in [0.25, 0.3) is 0 Å². The minimum absolute atomic E-state index is 0.121.